The Morgan fingerprint density at radius 1 is 1.12 bits per heavy atom. The average molecular weight is 217 g/mol. The van der Waals surface area contributed by atoms with Gasteiger partial charge in [0.05, 0.1) is 11.8 Å². The minimum atomic E-state index is 0.207. The quantitative estimate of drug-likeness (QED) is 0.432. The van der Waals surface area contributed by atoms with Gasteiger partial charge < -0.3 is 16.6 Å². The molecule has 4 nitrogen and oxygen atoms in total. The Bertz CT molecular complexity index is 511. The zero-order chi connectivity index (χ0) is 11.5. The number of para-hydroxylation sites is 2. The van der Waals surface area contributed by atoms with Crippen molar-refractivity contribution in [2.75, 3.05) is 5.73 Å². The van der Waals surface area contributed by atoms with Gasteiger partial charge in [-0.05, 0) is 12.1 Å². The normalized spacial score (nSPS) is 10.3. The van der Waals surface area contributed by atoms with E-state index in [-0.39, 0.29) is 5.75 Å². The SMILES string of the molecule is Nc1ccccc1[NH2+]c1ccc(O)c([NH3+])c1. The minimum Gasteiger partial charge on any atom is -0.503 e. The summed E-state index contributed by atoms with van der Waals surface area (Å²) in [5.74, 6) is 0.207. The van der Waals surface area contributed by atoms with Crippen LogP contribution in [0.15, 0.2) is 42.5 Å². The molecule has 2 rings (SSSR count). The summed E-state index contributed by atoms with van der Waals surface area (Å²) in [7, 11) is 0. The molecule has 0 atom stereocenters. The highest BCUT2D eigenvalue weighted by Crippen LogP contribution is 2.20. The Labute approximate surface area is 93.5 Å². The van der Waals surface area contributed by atoms with Crippen molar-refractivity contribution in [1.29, 1.82) is 0 Å². The van der Waals surface area contributed by atoms with Crippen LogP contribution in [0.5, 0.6) is 5.75 Å². The molecule has 16 heavy (non-hydrogen) atoms. The van der Waals surface area contributed by atoms with Crippen molar-refractivity contribution in [3.63, 3.8) is 0 Å². The number of hydrogen-bond donors (Lipinski definition) is 4. The Balaban J connectivity index is 2.28. The predicted octanol–water partition coefficient (Wildman–Crippen LogP) is 0.374. The van der Waals surface area contributed by atoms with E-state index in [1.165, 1.54) is 0 Å². The fraction of sp³-hybridized carbons (Fsp3) is 0. The Morgan fingerprint density at radius 2 is 1.88 bits per heavy atom. The highest BCUT2D eigenvalue weighted by molar-refractivity contribution is 5.59. The number of hydrogen-bond acceptors (Lipinski definition) is 2. The standard InChI is InChI=1S/C12H13N3O/c13-9-3-1-2-4-11(9)15-8-5-6-12(16)10(14)7-8/h1-7,15-16H,13-14H2/p+2. The summed E-state index contributed by atoms with van der Waals surface area (Å²) in [6, 6.07) is 12.9. The van der Waals surface area contributed by atoms with Gasteiger partial charge in [-0.2, -0.15) is 0 Å². The molecule has 82 valence electrons. The lowest BCUT2D eigenvalue weighted by Crippen LogP contribution is -2.71. The summed E-state index contributed by atoms with van der Waals surface area (Å²) in [4.78, 5) is 0. The lowest BCUT2D eigenvalue weighted by molar-refractivity contribution is -0.478. The van der Waals surface area contributed by atoms with Crippen molar-refractivity contribution < 1.29 is 16.2 Å². The van der Waals surface area contributed by atoms with Crippen LogP contribution < -0.4 is 16.8 Å². The van der Waals surface area contributed by atoms with Crippen LogP contribution in [-0.2, 0) is 0 Å². The van der Waals surface area contributed by atoms with Gasteiger partial charge in [0.25, 0.3) is 0 Å². The first kappa shape index (κ1) is 10.5. The molecule has 0 aromatic heterocycles. The monoisotopic (exact) mass is 217 g/mol. The van der Waals surface area contributed by atoms with E-state index >= 15 is 0 Å². The maximum atomic E-state index is 9.36. The number of benzene rings is 2. The second kappa shape index (κ2) is 4.22. The molecule has 0 aliphatic rings. The molecule has 4 heteroatoms. The topological polar surface area (TPSA) is 90.5 Å². The van der Waals surface area contributed by atoms with E-state index in [9.17, 15) is 5.11 Å². The number of nitrogen functional groups attached to an aromatic ring is 1. The van der Waals surface area contributed by atoms with Gasteiger partial charge >= 0.3 is 0 Å². The van der Waals surface area contributed by atoms with Crippen LogP contribution in [-0.4, -0.2) is 5.11 Å². The van der Waals surface area contributed by atoms with E-state index in [0.29, 0.717) is 5.69 Å². The van der Waals surface area contributed by atoms with E-state index in [4.69, 9.17) is 5.73 Å². The second-order valence-electron chi connectivity index (χ2n) is 3.66. The molecule has 2 aromatic rings. The van der Waals surface area contributed by atoms with Crippen molar-refractivity contribution in [2.24, 2.45) is 0 Å². The lowest BCUT2D eigenvalue weighted by Gasteiger charge is -2.03. The molecule has 0 aliphatic heterocycles. The van der Waals surface area contributed by atoms with Crippen LogP contribution in [0, 0.1) is 0 Å². The largest absolute Gasteiger partial charge is 0.503 e. The van der Waals surface area contributed by atoms with Gasteiger partial charge in [-0.25, -0.2) is 0 Å². The van der Waals surface area contributed by atoms with Gasteiger partial charge in [0.1, 0.15) is 5.69 Å². The second-order valence-corrected chi connectivity index (χ2v) is 3.66. The number of anilines is 1. The number of rotatable bonds is 2. The molecule has 0 unspecified atom stereocenters. The fourth-order valence-corrected chi connectivity index (χ4v) is 1.52. The van der Waals surface area contributed by atoms with Crippen LogP contribution in [0.4, 0.5) is 22.7 Å². The first-order valence-corrected chi connectivity index (χ1v) is 5.01. The van der Waals surface area contributed by atoms with Crippen LogP contribution in [0.25, 0.3) is 0 Å². The summed E-state index contributed by atoms with van der Waals surface area (Å²) in [6.45, 7) is 0. The van der Waals surface area contributed by atoms with E-state index in [1.54, 1.807) is 6.07 Å². The van der Waals surface area contributed by atoms with Crippen LogP contribution in [0.1, 0.15) is 0 Å². The summed E-state index contributed by atoms with van der Waals surface area (Å²) >= 11 is 0. The summed E-state index contributed by atoms with van der Waals surface area (Å²) < 4.78 is 0. The van der Waals surface area contributed by atoms with E-state index in [0.717, 1.165) is 17.1 Å². The van der Waals surface area contributed by atoms with Gasteiger partial charge in [-0.15, -0.1) is 0 Å². The zero-order valence-electron chi connectivity index (χ0n) is 8.85. The lowest BCUT2D eigenvalue weighted by atomic mass is 10.2. The molecule has 0 radical (unpaired) electrons. The summed E-state index contributed by atoms with van der Waals surface area (Å²) in [5, 5.41) is 11.3. The summed E-state index contributed by atoms with van der Waals surface area (Å²) in [5.41, 5.74) is 12.9. The number of quaternary nitrogens is 2. The number of aromatic hydroxyl groups is 1. The van der Waals surface area contributed by atoms with Crippen molar-refractivity contribution in [3.05, 3.63) is 42.5 Å². The molecule has 2 aromatic carbocycles. The number of phenolic OH excluding ortho intramolecular Hbond substituents is 1. The third kappa shape index (κ3) is 2.13. The van der Waals surface area contributed by atoms with Crippen molar-refractivity contribution in [1.82, 2.24) is 0 Å². The minimum absolute atomic E-state index is 0.207. The highest BCUT2D eigenvalue weighted by Gasteiger charge is 2.07. The van der Waals surface area contributed by atoms with E-state index < -0.39 is 0 Å². The first-order chi connectivity index (χ1) is 7.66. The molecule has 8 N–H and O–H groups in total. The van der Waals surface area contributed by atoms with Crippen molar-refractivity contribution in [2.45, 2.75) is 0 Å². The average Bonchev–Trinajstić information content (AvgIpc) is 2.27. The molecule has 0 aliphatic carbocycles. The molecule has 0 amide bonds. The maximum Gasteiger partial charge on any atom is 0.177 e. The highest BCUT2D eigenvalue weighted by atomic mass is 16.3. The molecule has 0 fully saturated rings. The molecule has 0 heterocycles. The predicted molar refractivity (Wildman–Crippen MR) is 62.8 cm³/mol. The van der Waals surface area contributed by atoms with Gasteiger partial charge in [-0.1, -0.05) is 12.1 Å². The first-order valence-electron chi connectivity index (χ1n) is 5.01. The van der Waals surface area contributed by atoms with Crippen LogP contribution in [0.3, 0.4) is 0 Å². The van der Waals surface area contributed by atoms with Crippen LogP contribution >= 0.6 is 0 Å². The Morgan fingerprint density at radius 3 is 2.56 bits per heavy atom. The fourth-order valence-electron chi connectivity index (χ4n) is 1.52. The molecular formula is C12H15N3O+2. The summed E-state index contributed by atoms with van der Waals surface area (Å²) in [6.07, 6.45) is 0. The Hall–Kier alpha value is -2.04. The van der Waals surface area contributed by atoms with Gasteiger partial charge in [0.2, 0.25) is 0 Å². The van der Waals surface area contributed by atoms with E-state index in [1.807, 2.05) is 41.7 Å². The third-order valence-electron chi connectivity index (χ3n) is 2.42. The third-order valence-corrected chi connectivity index (χ3v) is 2.42. The maximum absolute atomic E-state index is 9.36. The molecular weight excluding hydrogens is 202 g/mol. The molecule has 0 saturated carbocycles. The van der Waals surface area contributed by atoms with E-state index in [2.05, 4.69) is 5.73 Å². The van der Waals surface area contributed by atoms with Gasteiger partial charge in [0, 0.05) is 12.1 Å². The van der Waals surface area contributed by atoms with Crippen LogP contribution in [0.2, 0.25) is 0 Å². The van der Waals surface area contributed by atoms with Crippen molar-refractivity contribution in [3.8, 4) is 5.75 Å². The number of nitrogens with two attached hydrogens (primary N) is 2. The zero-order valence-corrected chi connectivity index (χ0v) is 8.85. The Kier molecular flexibility index (Phi) is 2.76. The van der Waals surface area contributed by atoms with Gasteiger partial charge in [0.15, 0.2) is 17.1 Å². The molecule has 0 saturated heterocycles. The number of phenols is 1. The van der Waals surface area contributed by atoms with Gasteiger partial charge in [-0.3, -0.25) is 5.32 Å². The molecule has 0 spiro atoms. The van der Waals surface area contributed by atoms with Crippen molar-refractivity contribution >= 4 is 22.7 Å². The smallest absolute Gasteiger partial charge is 0.177 e. The molecule has 0 bridgehead atoms.